The highest BCUT2D eigenvalue weighted by Gasteiger charge is 2.51. The van der Waals surface area contributed by atoms with Gasteiger partial charge in [0.25, 0.3) is 0 Å². The van der Waals surface area contributed by atoms with Crippen molar-refractivity contribution in [3.05, 3.63) is 34.9 Å². The number of likely N-dealkylation sites (tertiary alicyclic amines) is 1. The number of piperidine rings is 1. The summed E-state index contributed by atoms with van der Waals surface area (Å²) in [7, 11) is 0. The van der Waals surface area contributed by atoms with E-state index in [1.54, 1.807) is 11.0 Å². The van der Waals surface area contributed by atoms with Gasteiger partial charge in [-0.2, -0.15) is 13.2 Å². The zero-order valence-electron chi connectivity index (χ0n) is 21.7. The maximum absolute atomic E-state index is 14.0. The van der Waals surface area contributed by atoms with E-state index >= 15 is 0 Å². The summed E-state index contributed by atoms with van der Waals surface area (Å²) in [5.74, 6) is 0.367. The first-order valence-electron chi connectivity index (χ1n) is 13.4. The van der Waals surface area contributed by atoms with E-state index in [2.05, 4.69) is 18.7 Å². The van der Waals surface area contributed by atoms with E-state index in [0.29, 0.717) is 31.6 Å². The number of hydrogen-bond acceptors (Lipinski definition) is 4. The number of hydrogen-bond donors (Lipinski definition) is 0. The Morgan fingerprint density at radius 2 is 1.94 bits per heavy atom. The molecule has 1 saturated carbocycles. The molecule has 2 heterocycles. The minimum Gasteiger partial charge on any atom is -0.466 e. The quantitative estimate of drug-likeness (QED) is 0.480. The Hall–Kier alpha value is -2.09. The van der Waals surface area contributed by atoms with Crippen LogP contribution in [0.1, 0.15) is 76.0 Å². The summed E-state index contributed by atoms with van der Waals surface area (Å²) in [5.41, 5.74) is 0.349. The third kappa shape index (κ3) is 5.58. The highest BCUT2D eigenvalue weighted by atomic mass is 19.4. The molecule has 1 amide bonds. The molecule has 2 fully saturated rings. The minimum absolute atomic E-state index is 0.0862. The summed E-state index contributed by atoms with van der Waals surface area (Å²) in [5, 5.41) is 0. The highest BCUT2D eigenvalue weighted by molar-refractivity contribution is 5.84. The van der Waals surface area contributed by atoms with Gasteiger partial charge in [-0.1, -0.05) is 19.9 Å². The van der Waals surface area contributed by atoms with Crippen LogP contribution in [0.2, 0.25) is 0 Å². The van der Waals surface area contributed by atoms with Crippen molar-refractivity contribution in [3.63, 3.8) is 0 Å². The van der Waals surface area contributed by atoms with Crippen LogP contribution in [-0.4, -0.2) is 54.0 Å². The molecule has 2 aliphatic heterocycles. The van der Waals surface area contributed by atoms with Gasteiger partial charge in [-0.05, 0) is 87.1 Å². The van der Waals surface area contributed by atoms with Gasteiger partial charge in [0.1, 0.15) is 0 Å². The molecular weight excluding hydrogens is 469 g/mol. The van der Waals surface area contributed by atoms with Crippen LogP contribution in [0.4, 0.5) is 13.2 Å². The van der Waals surface area contributed by atoms with Gasteiger partial charge in [0.15, 0.2) is 0 Å². The number of carbonyl (C=O) groups excluding carboxylic acids is 2. The van der Waals surface area contributed by atoms with Gasteiger partial charge in [0, 0.05) is 32.1 Å². The Kier molecular flexibility index (Phi) is 8.03. The average Bonchev–Trinajstić information content (AvgIpc) is 3.30. The van der Waals surface area contributed by atoms with Gasteiger partial charge >= 0.3 is 12.1 Å². The van der Waals surface area contributed by atoms with Crippen LogP contribution in [0.25, 0.3) is 0 Å². The van der Waals surface area contributed by atoms with Crippen LogP contribution >= 0.6 is 0 Å². The summed E-state index contributed by atoms with van der Waals surface area (Å²) in [4.78, 5) is 30.3. The number of amides is 1. The van der Waals surface area contributed by atoms with Crippen LogP contribution in [-0.2, 0) is 33.5 Å². The molecule has 1 aromatic rings. The number of rotatable bonds is 6. The van der Waals surface area contributed by atoms with Crippen molar-refractivity contribution in [2.75, 3.05) is 26.2 Å². The predicted molar refractivity (Wildman–Crippen MR) is 131 cm³/mol. The van der Waals surface area contributed by atoms with Crippen molar-refractivity contribution >= 4 is 11.9 Å². The largest absolute Gasteiger partial charge is 0.466 e. The van der Waals surface area contributed by atoms with E-state index in [9.17, 15) is 22.8 Å². The number of nitrogens with zero attached hydrogens (tertiary/aromatic N) is 2. The Labute approximate surface area is 212 Å². The van der Waals surface area contributed by atoms with Crippen LogP contribution in [0.3, 0.4) is 0 Å². The number of fused-ring (bicyclic) bond motifs is 1. The molecule has 0 N–H and O–H groups in total. The second kappa shape index (κ2) is 10.7. The predicted octanol–water partition coefficient (Wildman–Crippen LogP) is 5.45. The van der Waals surface area contributed by atoms with E-state index in [1.165, 1.54) is 6.07 Å². The van der Waals surface area contributed by atoms with Crippen molar-refractivity contribution in [2.24, 2.45) is 17.3 Å². The third-order valence-corrected chi connectivity index (χ3v) is 8.72. The fraction of sp³-hybridized carbons (Fsp3) is 0.714. The van der Waals surface area contributed by atoms with Gasteiger partial charge in [-0.25, -0.2) is 0 Å². The van der Waals surface area contributed by atoms with Gasteiger partial charge in [0.05, 0.1) is 17.6 Å². The van der Waals surface area contributed by atoms with E-state index < -0.39 is 17.2 Å². The lowest BCUT2D eigenvalue weighted by atomic mass is 9.73. The maximum Gasteiger partial charge on any atom is 0.416 e. The summed E-state index contributed by atoms with van der Waals surface area (Å²) in [6.45, 7) is 9.02. The highest BCUT2D eigenvalue weighted by Crippen LogP contribution is 2.48. The van der Waals surface area contributed by atoms with Gasteiger partial charge < -0.3 is 14.5 Å². The molecule has 3 aliphatic rings. The third-order valence-electron chi connectivity index (χ3n) is 8.72. The Balaban J connectivity index is 1.45. The summed E-state index contributed by atoms with van der Waals surface area (Å²) in [6.07, 6.45) is 1.17. The van der Waals surface area contributed by atoms with E-state index in [1.807, 2.05) is 6.92 Å². The Morgan fingerprint density at radius 3 is 2.64 bits per heavy atom. The molecule has 3 atom stereocenters. The monoisotopic (exact) mass is 508 g/mol. The van der Waals surface area contributed by atoms with Gasteiger partial charge in [-0.15, -0.1) is 0 Å². The van der Waals surface area contributed by atoms with Crippen LogP contribution in [0, 0.1) is 17.3 Å². The zero-order chi connectivity index (χ0) is 26.1. The van der Waals surface area contributed by atoms with Crippen LogP contribution in [0.15, 0.2) is 18.2 Å². The molecular formula is C28H39F3N2O3. The standard InChI is InChI=1S/C28H39F3N2O3/c1-4-36-25(34)14-20-6-5-12-32(17-20)24-9-11-27(16-24,19(2)3)26(35)33-13-10-21-7-8-23(28(29,30)31)15-22(21)18-33/h7-8,15,19-20,24H,4-6,9-14,16-18H2,1-3H3. The topological polar surface area (TPSA) is 49.9 Å². The number of alkyl halides is 3. The fourth-order valence-corrected chi connectivity index (χ4v) is 6.60. The average molecular weight is 509 g/mol. The van der Waals surface area contributed by atoms with E-state index in [0.717, 1.165) is 56.8 Å². The lowest BCUT2D eigenvalue weighted by Gasteiger charge is -2.41. The number of esters is 1. The molecule has 3 unspecified atom stereocenters. The molecule has 4 rings (SSSR count). The molecule has 0 aromatic heterocycles. The number of halogens is 3. The Morgan fingerprint density at radius 1 is 1.17 bits per heavy atom. The first-order chi connectivity index (χ1) is 17.0. The fourth-order valence-electron chi connectivity index (χ4n) is 6.60. The smallest absolute Gasteiger partial charge is 0.416 e. The van der Waals surface area contributed by atoms with Gasteiger partial charge in [-0.3, -0.25) is 9.59 Å². The van der Waals surface area contributed by atoms with E-state index in [4.69, 9.17) is 4.74 Å². The van der Waals surface area contributed by atoms with Gasteiger partial charge in [0.2, 0.25) is 5.91 Å². The van der Waals surface area contributed by atoms with Crippen molar-refractivity contribution in [1.82, 2.24) is 9.80 Å². The van der Waals surface area contributed by atoms with E-state index in [-0.39, 0.29) is 36.3 Å². The summed E-state index contributed by atoms with van der Waals surface area (Å²) < 4.78 is 45.0. The first kappa shape index (κ1) is 27.0. The first-order valence-corrected chi connectivity index (χ1v) is 13.4. The Bertz CT molecular complexity index is 964. The normalized spacial score (nSPS) is 27.2. The van der Waals surface area contributed by atoms with Crippen molar-refractivity contribution in [1.29, 1.82) is 0 Å². The summed E-state index contributed by atoms with van der Waals surface area (Å²) in [6, 6.07) is 4.20. The second-order valence-corrected chi connectivity index (χ2v) is 11.2. The molecule has 200 valence electrons. The molecule has 1 saturated heterocycles. The lowest BCUT2D eigenvalue weighted by Crippen LogP contribution is -2.49. The molecule has 0 bridgehead atoms. The maximum atomic E-state index is 14.0. The molecule has 0 radical (unpaired) electrons. The molecule has 5 nitrogen and oxygen atoms in total. The van der Waals surface area contributed by atoms with Crippen molar-refractivity contribution < 1.29 is 27.5 Å². The molecule has 36 heavy (non-hydrogen) atoms. The lowest BCUT2D eigenvalue weighted by molar-refractivity contribution is -0.146. The zero-order valence-corrected chi connectivity index (χ0v) is 21.7. The van der Waals surface area contributed by atoms with Crippen LogP contribution < -0.4 is 0 Å². The second-order valence-electron chi connectivity index (χ2n) is 11.2. The minimum atomic E-state index is -4.39. The SMILES string of the molecule is CCOC(=O)CC1CCCN(C2CCC(C(=O)N3CCc4ccc(C(F)(F)F)cc4C3)(C(C)C)C2)C1. The molecule has 1 aromatic carbocycles. The summed E-state index contributed by atoms with van der Waals surface area (Å²) >= 11 is 0. The molecule has 1 aliphatic carbocycles. The molecule has 8 heteroatoms. The number of benzene rings is 1. The number of carbonyl (C=O) groups is 2. The van der Waals surface area contributed by atoms with Crippen LogP contribution in [0.5, 0.6) is 0 Å². The van der Waals surface area contributed by atoms with Crippen molar-refractivity contribution in [3.8, 4) is 0 Å². The molecule has 0 spiro atoms. The van der Waals surface area contributed by atoms with Crippen molar-refractivity contribution in [2.45, 2.75) is 84.5 Å². The number of ether oxygens (including phenoxy) is 1.